The molecule has 0 aromatic carbocycles. The molecule has 1 fully saturated rings. The van der Waals surface area contributed by atoms with Gasteiger partial charge in [0, 0.05) is 25.2 Å². The Morgan fingerprint density at radius 3 is 2.68 bits per heavy atom. The maximum Gasteiger partial charge on any atom is 0.270 e. The minimum absolute atomic E-state index is 0.113. The lowest BCUT2D eigenvalue weighted by Gasteiger charge is -2.31. The lowest BCUT2D eigenvalue weighted by Crippen LogP contribution is -2.34. The van der Waals surface area contributed by atoms with Gasteiger partial charge in [0.25, 0.3) is 5.91 Å². The van der Waals surface area contributed by atoms with Crippen molar-refractivity contribution in [1.29, 1.82) is 0 Å². The van der Waals surface area contributed by atoms with Gasteiger partial charge in [0.2, 0.25) is 0 Å². The van der Waals surface area contributed by atoms with Crippen molar-refractivity contribution in [3.05, 3.63) is 18.1 Å². The van der Waals surface area contributed by atoms with E-state index in [4.69, 9.17) is 0 Å². The summed E-state index contributed by atoms with van der Waals surface area (Å²) >= 11 is 0. The molecule has 0 atom stereocenters. The van der Waals surface area contributed by atoms with E-state index in [-0.39, 0.29) is 11.9 Å². The van der Waals surface area contributed by atoms with Gasteiger partial charge >= 0.3 is 0 Å². The molecule has 5 nitrogen and oxygen atoms in total. The minimum atomic E-state index is -0.135. The molecule has 1 amide bonds. The highest BCUT2D eigenvalue weighted by Gasteiger charge is 2.18. The number of hydrogen-bond acceptors (Lipinski definition) is 4. The summed E-state index contributed by atoms with van der Waals surface area (Å²) in [6, 6.07) is 1.90. The number of anilines is 1. The molecule has 5 heteroatoms. The topological polar surface area (TPSA) is 58.1 Å². The molecule has 0 spiro atoms. The molecule has 1 aromatic heterocycles. The Morgan fingerprint density at radius 1 is 1.37 bits per heavy atom. The average molecular weight is 262 g/mol. The Morgan fingerprint density at radius 2 is 2.05 bits per heavy atom. The third kappa shape index (κ3) is 3.66. The van der Waals surface area contributed by atoms with Crippen LogP contribution in [0.2, 0.25) is 0 Å². The van der Waals surface area contributed by atoms with E-state index in [2.05, 4.69) is 27.1 Å². The van der Waals surface area contributed by atoms with Gasteiger partial charge in [0.15, 0.2) is 0 Å². The van der Waals surface area contributed by atoms with E-state index >= 15 is 0 Å². The van der Waals surface area contributed by atoms with Crippen LogP contribution in [0.1, 0.15) is 44.1 Å². The quantitative estimate of drug-likeness (QED) is 0.903. The van der Waals surface area contributed by atoms with Crippen LogP contribution in [0, 0.1) is 5.92 Å². The zero-order valence-corrected chi connectivity index (χ0v) is 11.9. The van der Waals surface area contributed by atoms with Crippen LogP contribution in [0.15, 0.2) is 12.4 Å². The zero-order valence-electron chi connectivity index (χ0n) is 11.9. The Hall–Kier alpha value is -1.65. The number of carbonyl (C=O) groups excluding carboxylic acids is 1. The monoisotopic (exact) mass is 262 g/mol. The highest BCUT2D eigenvalue weighted by molar-refractivity contribution is 5.93. The molecule has 1 aromatic rings. The third-order valence-corrected chi connectivity index (χ3v) is 3.41. The number of nitrogens with one attached hydrogen (secondary N) is 1. The smallest absolute Gasteiger partial charge is 0.270 e. The molecular formula is C14H22N4O. The fourth-order valence-corrected chi connectivity index (χ4v) is 2.22. The number of carbonyl (C=O) groups is 1. The van der Waals surface area contributed by atoms with Crippen LogP contribution in [0.25, 0.3) is 0 Å². The number of amides is 1. The van der Waals surface area contributed by atoms with Gasteiger partial charge in [-0.05, 0) is 32.6 Å². The lowest BCUT2D eigenvalue weighted by atomic mass is 9.99. The van der Waals surface area contributed by atoms with Crippen LogP contribution in [0.3, 0.4) is 0 Å². The largest absolute Gasteiger partial charge is 0.356 e. The molecule has 0 aliphatic carbocycles. The molecule has 1 aliphatic rings. The molecule has 1 saturated heterocycles. The zero-order chi connectivity index (χ0) is 13.8. The molecule has 0 bridgehead atoms. The summed E-state index contributed by atoms with van der Waals surface area (Å²) in [6.45, 7) is 8.16. The van der Waals surface area contributed by atoms with E-state index in [9.17, 15) is 4.79 Å². The molecule has 2 heterocycles. The first-order chi connectivity index (χ1) is 9.06. The summed E-state index contributed by atoms with van der Waals surface area (Å²) in [6.07, 6.45) is 3.83. The fourth-order valence-electron chi connectivity index (χ4n) is 2.22. The Labute approximate surface area is 114 Å². The molecule has 2 rings (SSSR count). The first-order valence-electron chi connectivity index (χ1n) is 6.94. The predicted octanol–water partition coefficient (Wildman–Crippen LogP) is 1.85. The SMILES string of the molecule is CC1CCN(c2cc(C(=O)NC(C)C)ncn2)CC1. The lowest BCUT2D eigenvalue weighted by molar-refractivity contribution is 0.0938. The number of rotatable bonds is 3. The van der Waals surface area contributed by atoms with Crippen molar-refractivity contribution in [2.24, 2.45) is 5.92 Å². The van der Waals surface area contributed by atoms with Crippen LogP contribution >= 0.6 is 0 Å². The number of hydrogen-bond donors (Lipinski definition) is 1. The first kappa shape index (κ1) is 13.8. The van der Waals surface area contributed by atoms with E-state index in [1.807, 2.05) is 13.8 Å². The second-order valence-corrected chi connectivity index (χ2v) is 5.56. The molecule has 0 radical (unpaired) electrons. The summed E-state index contributed by atoms with van der Waals surface area (Å²) in [7, 11) is 0. The summed E-state index contributed by atoms with van der Waals surface area (Å²) in [4.78, 5) is 22.5. The first-order valence-corrected chi connectivity index (χ1v) is 6.94. The summed E-state index contributed by atoms with van der Waals surface area (Å²) in [5, 5.41) is 2.85. The van der Waals surface area contributed by atoms with Crippen LogP contribution in [0.4, 0.5) is 5.82 Å². The van der Waals surface area contributed by atoms with Crippen molar-refractivity contribution in [2.75, 3.05) is 18.0 Å². The number of nitrogens with zero attached hydrogens (tertiary/aromatic N) is 3. The third-order valence-electron chi connectivity index (χ3n) is 3.41. The highest BCUT2D eigenvalue weighted by atomic mass is 16.1. The van der Waals surface area contributed by atoms with Crippen LogP contribution in [-0.2, 0) is 0 Å². The van der Waals surface area contributed by atoms with Crippen molar-refractivity contribution in [3.63, 3.8) is 0 Å². The molecule has 1 aliphatic heterocycles. The second kappa shape index (κ2) is 5.99. The van der Waals surface area contributed by atoms with Crippen molar-refractivity contribution < 1.29 is 4.79 Å². The van der Waals surface area contributed by atoms with Crippen molar-refractivity contribution >= 4 is 11.7 Å². The summed E-state index contributed by atoms with van der Waals surface area (Å²) < 4.78 is 0. The molecule has 104 valence electrons. The van der Waals surface area contributed by atoms with E-state index in [0.717, 1.165) is 24.8 Å². The van der Waals surface area contributed by atoms with Crippen molar-refractivity contribution in [2.45, 2.75) is 39.7 Å². The molecule has 0 saturated carbocycles. The maximum absolute atomic E-state index is 11.9. The predicted molar refractivity (Wildman–Crippen MR) is 75.2 cm³/mol. The van der Waals surface area contributed by atoms with E-state index in [0.29, 0.717) is 5.69 Å². The Balaban J connectivity index is 2.08. The van der Waals surface area contributed by atoms with Gasteiger partial charge in [0.05, 0.1) is 0 Å². The van der Waals surface area contributed by atoms with Gasteiger partial charge < -0.3 is 10.2 Å². The normalized spacial score (nSPS) is 16.7. The van der Waals surface area contributed by atoms with Gasteiger partial charge in [-0.25, -0.2) is 9.97 Å². The van der Waals surface area contributed by atoms with Crippen LogP contribution < -0.4 is 10.2 Å². The molecule has 19 heavy (non-hydrogen) atoms. The van der Waals surface area contributed by atoms with E-state index in [1.54, 1.807) is 6.07 Å². The van der Waals surface area contributed by atoms with Gasteiger partial charge in [0.1, 0.15) is 17.8 Å². The average Bonchev–Trinajstić information content (AvgIpc) is 2.39. The molecule has 0 unspecified atom stereocenters. The maximum atomic E-state index is 11.9. The Kier molecular flexibility index (Phi) is 4.35. The van der Waals surface area contributed by atoms with Crippen molar-refractivity contribution in [1.82, 2.24) is 15.3 Å². The number of aromatic nitrogens is 2. The van der Waals surface area contributed by atoms with Crippen LogP contribution in [0.5, 0.6) is 0 Å². The second-order valence-electron chi connectivity index (χ2n) is 5.56. The van der Waals surface area contributed by atoms with Gasteiger partial charge in [-0.3, -0.25) is 4.79 Å². The minimum Gasteiger partial charge on any atom is -0.356 e. The van der Waals surface area contributed by atoms with Crippen LogP contribution in [-0.4, -0.2) is 35.0 Å². The fraction of sp³-hybridized carbons (Fsp3) is 0.643. The molecule has 1 N–H and O–H groups in total. The van der Waals surface area contributed by atoms with Crippen molar-refractivity contribution in [3.8, 4) is 0 Å². The highest BCUT2D eigenvalue weighted by Crippen LogP contribution is 2.21. The van der Waals surface area contributed by atoms with Gasteiger partial charge in [-0.2, -0.15) is 0 Å². The number of piperidine rings is 1. The summed E-state index contributed by atoms with van der Waals surface area (Å²) in [5.41, 5.74) is 0.442. The standard InChI is InChI=1S/C14H22N4O/c1-10(2)17-14(19)12-8-13(16-9-15-12)18-6-4-11(3)5-7-18/h8-11H,4-7H2,1-3H3,(H,17,19). The molecular weight excluding hydrogens is 240 g/mol. The van der Waals surface area contributed by atoms with Gasteiger partial charge in [-0.15, -0.1) is 0 Å². The summed E-state index contributed by atoms with van der Waals surface area (Å²) in [5.74, 6) is 1.50. The van der Waals surface area contributed by atoms with Gasteiger partial charge in [-0.1, -0.05) is 6.92 Å². The van der Waals surface area contributed by atoms with E-state index in [1.165, 1.54) is 19.2 Å². The van der Waals surface area contributed by atoms with E-state index < -0.39 is 0 Å². The Bertz CT molecular complexity index is 439.